The van der Waals surface area contributed by atoms with Crippen LogP contribution in [0.15, 0.2) is 18.2 Å². The van der Waals surface area contributed by atoms with Gasteiger partial charge in [0, 0.05) is 18.7 Å². The van der Waals surface area contributed by atoms with Gasteiger partial charge in [-0.05, 0) is 48.3 Å². The van der Waals surface area contributed by atoms with Crippen LogP contribution in [0.3, 0.4) is 0 Å². The van der Waals surface area contributed by atoms with Crippen molar-refractivity contribution in [3.63, 3.8) is 0 Å². The van der Waals surface area contributed by atoms with Crippen LogP contribution in [0.5, 0.6) is 0 Å². The van der Waals surface area contributed by atoms with Gasteiger partial charge >= 0.3 is 0 Å². The van der Waals surface area contributed by atoms with Crippen molar-refractivity contribution in [3.05, 3.63) is 29.3 Å². The number of fused-ring (bicyclic) bond motifs is 1. The molecule has 0 aromatic heterocycles. The Morgan fingerprint density at radius 3 is 2.72 bits per heavy atom. The van der Waals surface area contributed by atoms with Gasteiger partial charge in [0.05, 0.1) is 0 Å². The van der Waals surface area contributed by atoms with E-state index in [-0.39, 0.29) is 0 Å². The van der Waals surface area contributed by atoms with Crippen molar-refractivity contribution < 1.29 is 4.79 Å². The van der Waals surface area contributed by atoms with Gasteiger partial charge in [0.2, 0.25) is 5.91 Å². The van der Waals surface area contributed by atoms with Crippen LogP contribution >= 0.6 is 0 Å². The molecule has 0 spiro atoms. The number of anilines is 1. The maximum Gasteiger partial charge on any atom is 0.227 e. The average molecular weight is 243 g/mol. The minimum atomic E-state index is 0.315. The topological polar surface area (TPSA) is 20.3 Å². The number of carbonyl (C=O) groups is 1. The molecule has 1 amide bonds. The minimum absolute atomic E-state index is 0.315. The molecule has 0 unspecified atom stereocenters. The molecule has 1 aliphatic heterocycles. The Morgan fingerprint density at radius 2 is 2.06 bits per heavy atom. The Labute approximate surface area is 109 Å². The molecule has 1 aromatic rings. The minimum Gasteiger partial charge on any atom is -0.312 e. The molecule has 1 fully saturated rings. The summed E-state index contributed by atoms with van der Waals surface area (Å²) in [7, 11) is 0. The molecule has 1 saturated carbocycles. The molecular weight excluding hydrogens is 222 g/mol. The molecule has 1 aliphatic carbocycles. The molecule has 0 N–H and O–H groups in total. The van der Waals surface area contributed by atoms with Gasteiger partial charge < -0.3 is 4.90 Å². The maximum absolute atomic E-state index is 12.1. The Bertz CT molecular complexity index is 474. The first kappa shape index (κ1) is 11.8. The summed E-state index contributed by atoms with van der Waals surface area (Å²) in [6.07, 6.45) is 4.18. The first-order chi connectivity index (χ1) is 8.65. The highest BCUT2D eigenvalue weighted by molar-refractivity contribution is 5.96. The molecule has 0 bridgehead atoms. The summed E-state index contributed by atoms with van der Waals surface area (Å²) < 4.78 is 0. The number of nitrogens with zero attached hydrogens (tertiary/aromatic N) is 1. The second-order valence-corrected chi connectivity index (χ2v) is 5.99. The molecule has 0 atom stereocenters. The van der Waals surface area contributed by atoms with Crippen LogP contribution in [-0.2, 0) is 11.2 Å². The maximum atomic E-state index is 12.1. The zero-order chi connectivity index (χ0) is 12.7. The number of aryl methyl sites for hydroxylation is 1. The van der Waals surface area contributed by atoms with Crippen molar-refractivity contribution in [2.24, 2.45) is 5.92 Å². The number of amides is 1. The standard InChI is InChI=1S/C16H21NO/c1-11(2)14-6-5-13-7-8-16(18)17(15(13)9-14)10-12-3-4-12/h5-6,9,11-12H,3-4,7-8,10H2,1-2H3. The summed E-state index contributed by atoms with van der Waals surface area (Å²) in [5.74, 6) is 1.59. The molecule has 2 nitrogen and oxygen atoms in total. The van der Waals surface area contributed by atoms with Gasteiger partial charge in [0.15, 0.2) is 0 Å². The smallest absolute Gasteiger partial charge is 0.227 e. The van der Waals surface area contributed by atoms with Gasteiger partial charge in [-0.1, -0.05) is 26.0 Å². The largest absolute Gasteiger partial charge is 0.312 e. The van der Waals surface area contributed by atoms with Gasteiger partial charge in [-0.15, -0.1) is 0 Å². The lowest BCUT2D eigenvalue weighted by Crippen LogP contribution is -2.36. The van der Waals surface area contributed by atoms with Crippen molar-refractivity contribution in [2.45, 2.75) is 45.4 Å². The van der Waals surface area contributed by atoms with Crippen LogP contribution in [-0.4, -0.2) is 12.5 Å². The summed E-state index contributed by atoms with van der Waals surface area (Å²) in [4.78, 5) is 14.2. The predicted octanol–water partition coefficient (Wildman–Crippen LogP) is 3.50. The molecule has 3 rings (SSSR count). The van der Waals surface area contributed by atoms with Crippen molar-refractivity contribution in [2.75, 3.05) is 11.4 Å². The van der Waals surface area contributed by atoms with Crippen molar-refractivity contribution in [1.82, 2.24) is 0 Å². The van der Waals surface area contributed by atoms with E-state index in [9.17, 15) is 4.79 Å². The fourth-order valence-electron chi connectivity index (χ4n) is 2.67. The third-order valence-corrected chi connectivity index (χ3v) is 4.11. The summed E-state index contributed by atoms with van der Waals surface area (Å²) in [6.45, 7) is 5.35. The van der Waals surface area contributed by atoms with Gasteiger partial charge in [0.25, 0.3) is 0 Å². The Balaban J connectivity index is 1.96. The van der Waals surface area contributed by atoms with Gasteiger partial charge in [-0.3, -0.25) is 4.79 Å². The second-order valence-electron chi connectivity index (χ2n) is 5.99. The summed E-state index contributed by atoms with van der Waals surface area (Å²) in [5, 5.41) is 0. The first-order valence-electron chi connectivity index (χ1n) is 7.08. The van der Waals surface area contributed by atoms with E-state index in [1.165, 1.54) is 29.7 Å². The molecule has 96 valence electrons. The quantitative estimate of drug-likeness (QED) is 0.795. The molecule has 0 saturated heterocycles. The number of hydrogen-bond acceptors (Lipinski definition) is 1. The van der Waals surface area contributed by atoms with Crippen LogP contribution < -0.4 is 4.90 Å². The molecule has 1 heterocycles. The number of carbonyl (C=O) groups excluding carboxylic acids is 1. The second kappa shape index (κ2) is 4.42. The lowest BCUT2D eigenvalue weighted by molar-refractivity contribution is -0.118. The highest BCUT2D eigenvalue weighted by Crippen LogP contribution is 2.36. The van der Waals surface area contributed by atoms with Gasteiger partial charge in [-0.2, -0.15) is 0 Å². The van der Waals surface area contributed by atoms with Gasteiger partial charge in [0.1, 0.15) is 0 Å². The summed E-state index contributed by atoms with van der Waals surface area (Å²) in [5.41, 5.74) is 3.87. The Hall–Kier alpha value is -1.31. The van der Waals surface area contributed by atoms with E-state index in [0.29, 0.717) is 18.2 Å². The van der Waals surface area contributed by atoms with E-state index in [4.69, 9.17) is 0 Å². The van der Waals surface area contributed by atoms with E-state index in [1.807, 2.05) is 4.90 Å². The highest BCUT2D eigenvalue weighted by atomic mass is 16.2. The highest BCUT2D eigenvalue weighted by Gasteiger charge is 2.31. The molecule has 2 heteroatoms. The summed E-state index contributed by atoms with van der Waals surface area (Å²) >= 11 is 0. The number of benzene rings is 1. The van der Waals surface area contributed by atoms with Crippen LogP contribution in [0.1, 0.15) is 50.2 Å². The van der Waals surface area contributed by atoms with E-state index >= 15 is 0 Å². The Morgan fingerprint density at radius 1 is 1.28 bits per heavy atom. The monoisotopic (exact) mass is 243 g/mol. The lowest BCUT2D eigenvalue weighted by Gasteiger charge is -2.30. The van der Waals surface area contributed by atoms with Crippen molar-refractivity contribution in [1.29, 1.82) is 0 Å². The average Bonchev–Trinajstić information content (AvgIpc) is 3.16. The third-order valence-electron chi connectivity index (χ3n) is 4.11. The van der Waals surface area contributed by atoms with E-state index < -0.39 is 0 Å². The lowest BCUT2D eigenvalue weighted by atomic mass is 9.95. The molecule has 1 aromatic carbocycles. The molecule has 2 aliphatic rings. The number of hydrogen-bond donors (Lipinski definition) is 0. The fraction of sp³-hybridized carbons (Fsp3) is 0.562. The van der Waals surface area contributed by atoms with Crippen molar-refractivity contribution in [3.8, 4) is 0 Å². The fourth-order valence-corrected chi connectivity index (χ4v) is 2.67. The van der Waals surface area contributed by atoms with E-state index in [0.717, 1.165) is 18.9 Å². The zero-order valence-corrected chi connectivity index (χ0v) is 11.3. The Kier molecular flexibility index (Phi) is 2.89. The first-order valence-corrected chi connectivity index (χ1v) is 7.08. The van der Waals surface area contributed by atoms with Gasteiger partial charge in [-0.25, -0.2) is 0 Å². The predicted molar refractivity (Wildman–Crippen MR) is 73.9 cm³/mol. The molecule has 0 radical (unpaired) electrons. The van der Waals surface area contributed by atoms with E-state index in [1.54, 1.807) is 0 Å². The SMILES string of the molecule is CC(C)c1ccc2c(c1)N(CC1CC1)C(=O)CC2. The summed E-state index contributed by atoms with van der Waals surface area (Å²) in [6, 6.07) is 6.67. The zero-order valence-electron chi connectivity index (χ0n) is 11.3. The third kappa shape index (κ3) is 2.16. The van der Waals surface area contributed by atoms with E-state index in [2.05, 4.69) is 32.0 Å². The molecule has 18 heavy (non-hydrogen) atoms. The normalized spacial score (nSPS) is 19.3. The van der Waals surface area contributed by atoms with Crippen LogP contribution in [0.4, 0.5) is 5.69 Å². The van der Waals surface area contributed by atoms with Crippen LogP contribution in [0.25, 0.3) is 0 Å². The number of rotatable bonds is 3. The molecular formula is C16H21NO. The van der Waals surface area contributed by atoms with Crippen LogP contribution in [0.2, 0.25) is 0 Å². The van der Waals surface area contributed by atoms with Crippen LogP contribution in [0, 0.1) is 5.92 Å². The van der Waals surface area contributed by atoms with Crippen molar-refractivity contribution >= 4 is 11.6 Å².